The molecule has 1 fully saturated rings. The largest absolute Gasteiger partial charge is 0.487 e. The Morgan fingerprint density at radius 1 is 1.09 bits per heavy atom. The Morgan fingerprint density at radius 2 is 1.89 bits per heavy atom. The van der Waals surface area contributed by atoms with Crippen molar-refractivity contribution in [2.24, 2.45) is 0 Å². The molecule has 2 aliphatic rings. The summed E-state index contributed by atoms with van der Waals surface area (Å²) < 4.78 is 33.0. The van der Waals surface area contributed by atoms with Gasteiger partial charge in [0.1, 0.15) is 17.6 Å². The lowest BCUT2D eigenvalue weighted by atomic mass is 10.1. The number of hydrogen-bond acceptors (Lipinski definition) is 7. The van der Waals surface area contributed by atoms with Crippen molar-refractivity contribution in [2.75, 3.05) is 24.5 Å². The number of anilines is 1. The molecule has 3 aromatic rings. The van der Waals surface area contributed by atoms with Crippen LogP contribution in [0.2, 0.25) is 5.28 Å². The molecular formula is C24H23ClF2N6O2. The molecule has 1 amide bonds. The summed E-state index contributed by atoms with van der Waals surface area (Å²) in [5.74, 6) is -0.631. The highest BCUT2D eigenvalue weighted by Gasteiger charge is 2.29. The Morgan fingerprint density at radius 3 is 2.60 bits per heavy atom. The summed E-state index contributed by atoms with van der Waals surface area (Å²) in [6.45, 7) is 3.73. The smallest absolute Gasteiger partial charge is 0.222 e. The Bertz CT molecular complexity index is 1270. The average Bonchev–Trinajstić information content (AvgIpc) is 2.85. The maximum absolute atomic E-state index is 14.0. The summed E-state index contributed by atoms with van der Waals surface area (Å²) >= 11 is 6.05. The number of aromatic nitrogens is 4. The zero-order chi connectivity index (χ0) is 24.5. The first-order chi connectivity index (χ1) is 16.9. The van der Waals surface area contributed by atoms with Crippen LogP contribution in [-0.4, -0.2) is 56.5 Å². The van der Waals surface area contributed by atoms with Crippen LogP contribution in [0.4, 0.5) is 14.6 Å². The fourth-order valence-electron chi connectivity index (χ4n) is 4.39. The van der Waals surface area contributed by atoms with Crippen LogP contribution in [0.3, 0.4) is 0 Å². The second-order valence-corrected chi connectivity index (χ2v) is 8.91. The van der Waals surface area contributed by atoms with E-state index >= 15 is 0 Å². The second-order valence-electron chi connectivity index (χ2n) is 8.57. The topological polar surface area (TPSA) is 84.3 Å². The van der Waals surface area contributed by atoms with Gasteiger partial charge in [-0.05, 0) is 29.8 Å². The fourth-order valence-corrected chi connectivity index (χ4v) is 4.53. The van der Waals surface area contributed by atoms with Gasteiger partial charge in [-0.15, -0.1) is 0 Å². The Labute approximate surface area is 205 Å². The van der Waals surface area contributed by atoms with E-state index in [1.54, 1.807) is 24.1 Å². The Hall–Kier alpha value is -3.40. The van der Waals surface area contributed by atoms with Gasteiger partial charge in [0.15, 0.2) is 17.4 Å². The van der Waals surface area contributed by atoms with Gasteiger partial charge in [-0.3, -0.25) is 4.79 Å². The molecule has 0 saturated carbocycles. The van der Waals surface area contributed by atoms with Crippen LogP contribution in [0, 0.1) is 11.6 Å². The maximum Gasteiger partial charge on any atom is 0.222 e. The van der Waals surface area contributed by atoms with Crippen molar-refractivity contribution < 1.29 is 18.3 Å². The minimum Gasteiger partial charge on any atom is -0.487 e. The molecule has 35 heavy (non-hydrogen) atoms. The minimum absolute atomic E-state index is 0.00665. The molecule has 0 aliphatic carbocycles. The molecule has 0 unspecified atom stereocenters. The summed E-state index contributed by atoms with van der Waals surface area (Å²) in [5.41, 5.74) is 2.71. The molecular weight excluding hydrogens is 478 g/mol. The van der Waals surface area contributed by atoms with Gasteiger partial charge in [-0.1, -0.05) is 0 Å². The molecule has 0 bridgehead atoms. The van der Waals surface area contributed by atoms with Crippen LogP contribution in [0.5, 0.6) is 5.75 Å². The Balaban J connectivity index is 1.40. The number of carbonyl (C=O) groups excluding carboxylic acids is 1. The first kappa shape index (κ1) is 23.3. The van der Waals surface area contributed by atoms with Gasteiger partial charge < -0.3 is 14.5 Å². The highest BCUT2D eigenvalue weighted by atomic mass is 35.5. The van der Waals surface area contributed by atoms with Crippen LogP contribution >= 0.6 is 11.6 Å². The predicted molar refractivity (Wildman–Crippen MR) is 125 cm³/mol. The number of nitrogens with zero attached hydrogens (tertiary/aromatic N) is 6. The van der Waals surface area contributed by atoms with Crippen LogP contribution in [-0.2, 0) is 17.8 Å². The highest BCUT2D eigenvalue weighted by molar-refractivity contribution is 6.28. The molecule has 1 aromatic carbocycles. The first-order valence-corrected chi connectivity index (χ1v) is 11.8. The normalized spacial score (nSPS) is 16.2. The van der Waals surface area contributed by atoms with Gasteiger partial charge in [0, 0.05) is 58.1 Å². The summed E-state index contributed by atoms with van der Waals surface area (Å²) in [6.07, 6.45) is 3.21. The monoisotopic (exact) mass is 500 g/mol. The molecule has 0 spiro atoms. The van der Waals surface area contributed by atoms with Crippen LogP contribution < -0.4 is 9.64 Å². The molecule has 2 aliphatic heterocycles. The van der Waals surface area contributed by atoms with Crippen molar-refractivity contribution in [3.63, 3.8) is 0 Å². The van der Waals surface area contributed by atoms with Crippen molar-refractivity contribution in [3.05, 3.63) is 58.8 Å². The van der Waals surface area contributed by atoms with Crippen molar-refractivity contribution in [1.29, 1.82) is 0 Å². The molecule has 1 saturated heterocycles. The van der Waals surface area contributed by atoms with Crippen LogP contribution in [0.1, 0.15) is 31.2 Å². The number of hydrogen-bond donors (Lipinski definition) is 0. The minimum atomic E-state index is -0.712. The lowest BCUT2D eigenvalue weighted by Gasteiger charge is -2.35. The summed E-state index contributed by atoms with van der Waals surface area (Å²) in [7, 11) is 0. The molecule has 5 rings (SSSR count). The highest BCUT2D eigenvalue weighted by Crippen LogP contribution is 2.32. The number of amides is 1. The lowest BCUT2D eigenvalue weighted by molar-refractivity contribution is -0.129. The van der Waals surface area contributed by atoms with E-state index in [0.29, 0.717) is 62.6 Å². The number of piperidine rings is 1. The maximum atomic E-state index is 14.0. The van der Waals surface area contributed by atoms with E-state index in [9.17, 15) is 13.6 Å². The standard InChI is InChI=1S/C24H23ClF2N6O2/c1-14(34)33-11-7-18-20(13-33)29-22(19-4-8-28-24(25)31-19)23(30-18)32-9-5-16(6-10-32)35-21-3-2-15(26)12-17(21)27/h2-4,8,12,16H,5-7,9-11,13H2,1H3. The predicted octanol–water partition coefficient (Wildman–Crippen LogP) is 3.82. The summed E-state index contributed by atoms with van der Waals surface area (Å²) in [6, 6.07) is 5.04. The SMILES string of the molecule is CC(=O)N1CCc2nc(N3CCC(Oc4ccc(F)cc4F)CC3)c(-c3ccnc(Cl)n3)nc2C1. The van der Waals surface area contributed by atoms with E-state index in [1.165, 1.54) is 12.1 Å². The molecule has 0 N–H and O–H groups in total. The fraction of sp³-hybridized carbons (Fsp3) is 0.375. The molecule has 182 valence electrons. The van der Waals surface area contributed by atoms with E-state index in [4.69, 9.17) is 26.3 Å². The van der Waals surface area contributed by atoms with Crippen molar-refractivity contribution in [2.45, 2.75) is 38.8 Å². The summed E-state index contributed by atoms with van der Waals surface area (Å²) in [4.78, 5) is 33.9. The zero-order valence-corrected chi connectivity index (χ0v) is 19.8. The number of benzene rings is 1. The van der Waals surface area contributed by atoms with Gasteiger partial charge in [0.25, 0.3) is 0 Å². The molecule has 0 radical (unpaired) electrons. The molecule has 8 nitrogen and oxygen atoms in total. The van der Waals surface area contributed by atoms with E-state index in [-0.39, 0.29) is 23.0 Å². The number of fused-ring (bicyclic) bond motifs is 1. The average molecular weight is 501 g/mol. The van der Waals surface area contributed by atoms with E-state index < -0.39 is 11.6 Å². The van der Waals surface area contributed by atoms with Gasteiger partial charge in [-0.25, -0.2) is 28.7 Å². The van der Waals surface area contributed by atoms with Crippen LogP contribution in [0.15, 0.2) is 30.5 Å². The zero-order valence-electron chi connectivity index (χ0n) is 19.0. The van der Waals surface area contributed by atoms with Crippen molar-refractivity contribution in [1.82, 2.24) is 24.8 Å². The number of ether oxygens (including phenoxy) is 1. The van der Waals surface area contributed by atoms with E-state index in [0.717, 1.165) is 17.5 Å². The third kappa shape index (κ3) is 5.02. The quantitative estimate of drug-likeness (QED) is 0.503. The second kappa shape index (κ2) is 9.69. The molecule has 2 aromatic heterocycles. The first-order valence-electron chi connectivity index (χ1n) is 11.4. The van der Waals surface area contributed by atoms with E-state index in [1.807, 2.05) is 0 Å². The number of rotatable bonds is 4. The number of carbonyl (C=O) groups is 1. The van der Waals surface area contributed by atoms with Gasteiger partial charge in [0.2, 0.25) is 11.2 Å². The lowest BCUT2D eigenvalue weighted by Crippen LogP contribution is -2.40. The van der Waals surface area contributed by atoms with Gasteiger partial charge in [0.05, 0.1) is 23.6 Å². The molecule has 11 heteroatoms. The van der Waals surface area contributed by atoms with E-state index in [2.05, 4.69) is 14.9 Å². The summed E-state index contributed by atoms with van der Waals surface area (Å²) in [5, 5.41) is 0.103. The van der Waals surface area contributed by atoms with Crippen LogP contribution in [0.25, 0.3) is 11.4 Å². The van der Waals surface area contributed by atoms with Crippen molar-refractivity contribution >= 4 is 23.3 Å². The number of halogens is 3. The third-order valence-electron chi connectivity index (χ3n) is 6.23. The van der Waals surface area contributed by atoms with Crippen molar-refractivity contribution in [3.8, 4) is 17.1 Å². The van der Waals surface area contributed by atoms with Gasteiger partial charge >= 0.3 is 0 Å². The molecule has 4 heterocycles. The molecule has 0 atom stereocenters. The van der Waals surface area contributed by atoms with Gasteiger partial charge in [-0.2, -0.15) is 0 Å². The Kier molecular flexibility index (Phi) is 6.46. The third-order valence-corrected chi connectivity index (χ3v) is 6.42.